The number of aromatic nitrogens is 4. The molecule has 2 N–H and O–H groups in total. The van der Waals surface area contributed by atoms with Gasteiger partial charge in [0.25, 0.3) is 11.5 Å². The van der Waals surface area contributed by atoms with E-state index in [4.69, 9.17) is 0 Å². The Morgan fingerprint density at radius 1 is 1.11 bits per heavy atom. The number of pyridine rings is 2. The van der Waals surface area contributed by atoms with Crippen LogP contribution < -0.4 is 10.9 Å². The number of carbonyl (C=O) groups excluding carboxylic acids is 1. The summed E-state index contributed by atoms with van der Waals surface area (Å²) in [6.07, 6.45) is 6.11. The van der Waals surface area contributed by atoms with E-state index in [1.165, 1.54) is 0 Å². The first-order valence-corrected chi connectivity index (χ1v) is 8.55. The minimum Gasteiger partial charge on any atom is -0.321 e. The molecule has 0 aliphatic heterocycles. The Hall–Kier alpha value is -3.74. The van der Waals surface area contributed by atoms with E-state index in [0.717, 1.165) is 17.4 Å². The topological polar surface area (TPSA) is 92.7 Å². The van der Waals surface area contributed by atoms with E-state index in [9.17, 15) is 9.59 Å². The molecule has 3 aromatic heterocycles. The number of carbonyl (C=O) groups is 1. The fourth-order valence-corrected chi connectivity index (χ4v) is 2.85. The molecule has 0 saturated heterocycles. The molecule has 0 radical (unpaired) electrons. The molecule has 7 nitrogen and oxygen atoms in total. The average molecular weight is 359 g/mol. The van der Waals surface area contributed by atoms with Crippen molar-refractivity contribution in [3.63, 3.8) is 0 Å². The van der Waals surface area contributed by atoms with Gasteiger partial charge < -0.3 is 10.3 Å². The van der Waals surface area contributed by atoms with Crippen molar-refractivity contribution in [3.8, 4) is 0 Å². The third-order valence-electron chi connectivity index (χ3n) is 4.26. The zero-order valence-corrected chi connectivity index (χ0v) is 14.4. The summed E-state index contributed by atoms with van der Waals surface area (Å²) < 4.78 is 1.75. The van der Waals surface area contributed by atoms with Crippen molar-refractivity contribution in [1.29, 1.82) is 0 Å². The van der Waals surface area contributed by atoms with E-state index in [0.29, 0.717) is 17.9 Å². The number of benzene rings is 1. The summed E-state index contributed by atoms with van der Waals surface area (Å²) in [4.78, 5) is 31.4. The van der Waals surface area contributed by atoms with Gasteiger partial charge in [-0.3, -0.25) is 19.3 Å². The summed E-state index contributed by atoms with van der Waals surface area (Å²) in [5, 5.41) is 7.82. The fraction of sp³-hybridized carbons (Fsp3) is 0.100. The van der Waals surface area contributed by atoms with Gasteiger partial charge in [-0.2, -0.15) is 5.10 Å². The van der Waals surface area contributed by atoms with Gasteiger partial charge in [-0.05, 0) is 41.6 Å². The van der Waals surface area contributed by atoms with E-state index in [1.54, 1.807) is 41.5 Å². The zero-order chi connectivity index (χ0) is 18.6. The maximum absolute atomic E-state index is 12.5. The molecule has 0 unspecified atom stereocenters. The molecule has 0 bridgehead atoms. The van der Waals surface area contributed by atoms with Crippen molar-refractivity contribution in [2.45, 2.75) is 13.0 Å². The lowest BCUT2D eigenvalue weighted by Crippen LogP contribution is -2.23. The van der Waals surface area contributed by atoms with Gasteiger partial charge >= 0.3 is 0 Å². The van der Waals surface area contributed by atoms with Gasteiger partial charge in [0.2, 0.25) is 0 Å². The van der Waals surface area contributed by atoms with Crippen molar-refractivity contribution in [1.82, 2.24) is 19.7 Å². The first kappa shape index (κ1) is 16.7. The number of nitrogens with one attached hydrogen (secondary N) is 2. The molecule has 7 heteroatoms. The summed E-state index contributed by atoms with van der Waals surface area (Å²) in [6, 6.07) is 14.5. The van der Waals surface area contributed by atoms with Gasteiger partial charge in [0.1, 0.15) is 5.56 Å². The lowest BCUT2D eigenvalue weighted by Gasteiger charge is -2.04. The minimum atomic E-state index is -0.485. The van der Waals surface area contributed by atoms with Crippen LogP contribution in [0.3, 0.4) is 0 Å². The number of hydrogen-bond acceptors (Lipinski definition) is 4. The Labute approximate surface area is 154 Å². The number of hydrogen-bond donors (Lipinski definition) is 2. The molecule has 0 aliphatic rings. The molecule has 1 aromatic carbocycles. The summed E-state index contributed by atoms with van der Waals surface area (Å²) in [5.74, 6) is -0.0799. The number of nitrogens with zero attached hydrogens (tertiary/aromatic N) is 3. The van der Waals surface area contributed by atoms with Gasteiger partial charge in [-0.25, -0.2) is 0 Å². The van der Waals surface area contributed by atoms with Gasteiger partial charge in [0, 0.05) is 36.7 Å². The molecule has 0 aliphatic carbocycles. The average Bonchev–Trinajstić information content (AvgIpc) is 3.14. The number of aromatic amines is 1. The monoisotopic (exact) mass is 359 g/mol. The summed E-state index contributed by atoms with van der Waals surface area (Å²) in [5.41, 5.74) is 1.48. The van der Waals surface area contributed by atoms with Gasteiger partial charge in [0.15, 0.2) is 5.82 Å². The largest absolute Gasteiger partial charge is 0.321 e. The van der Waals surface area contributed by atoms with E-state index in [-0.39, 0.29) is 5.56 Å². The number of amides is 1. The van der Waals surface area contributed by atoms with Crippen molar-refractivity contribution >= 4 is 22.6 Å². The maximum atomic E-state index is 12.5. The fourth-order valence-electron chi connectivity index (χ4n) is 2.85. The summed E-state index contributed by atoms with van der Waals surface area (Å²) in [7, 11) is 0. The Morgan fingerprint density at radius 2 is 1.93 bits per heavy atom. The van der Waals surface area contributed by atoms with Crippen LogP contribution in [0.1, 0.15) is 15.9 Å². The predicted molar refractivity (Wildman–Crippen MR) is 103 cm³/mol. The third kappa shape index (κ3) is 3.77. The highest BCUT2D eigenvalue weighted by molar-refractivity contribution is 6.05. The predicted octanol–water partition coefficient (Wildman–Crippen LogP) is 2.61. The number of para-hydroxylation sites is 1. The Balaban J connectivity index is 1.46. The smallest absolute Gasteiger partial charge is 0.262 e. The quantitative estimate of drug-likeness (QED) is 0.573. The van der Waals surface area contributed by atoms with Crippen molar-refractivity contribution < 1.29 is 4.79 Å². The van der Waals surface area contributed by atoms with E-state index >= 15 is 0 Å². The molecule has 0 spiro atoms. The highest BCUT2D eigenvalue weighted by atomic mass is 16.2. The summed E-state index contributed by atoms with van der Waals surface area (Å²) >= 11 is 0. The molecular formula is C20H17N5O2. The molecule has 4 rings (SSSR count). The van der Waals surface area contributed by atoms with Gasteiger partial charge in [0.05, 0.1) is 0 Å². The van der Waals surface area contributed by atoms with Crippen LogP contribution in [0.2, 0.25) is 0 Å². The van der Waals surface area contributed by atoms with Gasteiger partial charge in [-0.15, -0.1) is 0 Å². The second kappa shape index (κ2) is 7.25. The van der Waals surface area contributed by atoms with E-state index < -0.39 is 11.5 Å². The summed E-state index contributed by atoms with van der Waals surface area (Å²) in [6.45, 7) is 0.677. The number of fused-ring (bicyclic) bond motifs is 1. The van der Waals surface area contributed by atoms with Crippen LogP contribution >= 0.6 is 0 Å². The number of aryl methyl sites for hydroxylation is 2. The molecule has 4 aromatic rings. The molecule has 134 valence electrons. The van der Waals surface area contributed by atoms with Crippen molar-refractivity contribution in [2.75, 3.05) is 5.32 Å². The highest BCUT2D eigenvalue weighted by Gasteiger charge is 2.13. The number of rotatable bonds is 5. The Morgan fingerprint density at radius 3 is 2.78 bits per heavy atom. The molecule has 0 atom stereocenters. The molecule has 27 heavy (non-hydrogen) atoms. The first-order valence-electron chi connectivity index (χ1n) is 8.55. The zero-order valence-electron chi connectivity index (χ0n) is 14.4. The Kier molecular flexibility index (Phi) is 4.49. The second-order valence-electron chi connectivity index (χ2n) is 6.12. The number of H-pyrrole nitrogens is 1. The van der Waals surface area contributed by atoms with Crippen LogP contribution in [0.15, 0.2) is 71.9 Å². The lowest BCUT2D eigenvalue weighted by molar-refractivity contribution is 0.102. The van der Waals surface area contributed by atoms with E-state index in [2.05, 4.69) is 20.4 Å². The maximum Gasteiger partial charge on any atom is 0.262 e. The van der Waals surface area contributed by atoms with Crippen LogP contribution in [0.4, 0.5) is 5.82 Å². The van der Waals surface area contributed by atoms with E-state index in [1.807, 2.05) is 30.3 Å². The lowest BCUT2D eigenvalue weighted by atomic mass is 10.1. The third-order valence-corrected chi connectivity index (χ3v) is 4.26. The van der Waals surface area contributed by atoms with Crippen molar-refractivity contribution in [3.05, 3.63) is 88.6 Å². The van der Waals surface area contributed by atoms with Crippen LogP contribution in [-0.4, -0.2) is 25.7 Å². The number of anilines is 1. The Bertz CT molecular complexity index is 1150. The molecule has 0 fully saturated rings. The van der Waals surface area contributed by atoms with Crippen LogP contribution in [-0.2, 0) is 13.0 Å². The van der Waals surface area contributed by atoms with Crippen LogP contribution in [0, 0.1) is 0 Å². The SMILES string of the molecule is O=C(Nc1ccn(CCc2ccncc2)n1)c1cc2ccccc2[nH]c1=O. The molecule has 0 saturated carbocycles. The molecule has 3 heterocycles. The molecule has 1 amide bonds. The molecular weight excluding hydrogens is 342 g/mol. The van der Waals surface area contributed by atoms with Crippen LogP contribution in [0.25, 0.3) is 10.9 Å². The van der Waals surface area contributed by atoms with Gasteiger partial charge in [-0.1, -0.05) is 18.2 Å². The van der Waals surface area contributed by atoms with Crippen molar-refractivity contribution in [2.24, 2.45) is 0 Å². The minimum absolute atomic E-state index is 0.0556. The first-order chi connectivity index (χ1) is 13.2. The normalized spacial score (nSPS) is 10.8. The van der Waals surface area contributed by atoms with Crippen LogP contribution in [0.5, 0.6) is 0 Å². The standard InChI is InChI=1S/C20H17N5O2/c26-19-16(13-15-3-1-2-4-17(15)22-19)20(27)23-18-8-12-25(24-18)11-7-14-5-9-21-10-6-14/h1-6,8-10,12-13H,7,11H2,(H,22,26)(H,23,24,27). The second-order valence-corrected chi connectivity index (χ2v) is 6.12. The highest BCUT2D eigenvalue weighted by Crippen LogP contribution is 2.12.